The van der Waals surface area contributed by atoms with Gasteiger partial charge in [0.05, 0.1) is 12.1 Å². The Bertz CT molecular complexity index is 1340. The summed E-state index contributed by atoms with van der Waals surface area (Å²) in [5.41, 5.74) is 4.49. The van der Waals surface area contributed by atoms with Gasteiger partial charge >= 0.3 is 0 Å². The van der Waals surface area contributed by atoms with Crippen LogP contribution in [0.1, 0.15) is 44.2 Å². The number of hydrogen-bond donors (Lipinski definition) is 1. The highest BCUT2D eigenvalue weighted by atomic mass is 35.5. The first kappa shape index (κ1) is 23.9. The topological polar surface area (TPSA) is 82.2 Å². The van der Waals surface area contributed by atoms with E-state index in [9.17, 15) is 4.79 Å². The molecule has 0 unspecified atom stereocenters. The van der Waals surface area contributed by atoms with Crippen LogP contribution in [0.15, 0.2) is 47.0 Å². The van der Waals surface area contributed by atoms with Gasteiger partial charge in [-0.2, -0.15) is 5.10 Å². The van der Waals surface area contributed by atoms with Crippen molar-refractivity contribution in [2.75, 3.05) is 5.32 Å². The third-order valence-corrected chi connectivity index (χ3v) is 6.20. The Morgan fingerprint density at radius 1 is 1.06 bits per heavy atom. The van der Waals surface area contributed by atoms with Crippen LogP contribution in [0.2, 0.25) is 10.0 Å². The van der Waals surface area contributed by atoms with Crippen molar-refractivity contribution in [2.45, 2.75) is 40.8 Å². The lowest BCUT2D eigenvalue weighted by Gasteiger charge is -2.10. The predicted molar refractivity (Wildman–Crippen MR) is 132 cm³/mol. The van der Waals surface area contributed by atoms with Gasteiger partial charge in [-0.1, -0.05) is 52.1 Å². The zero-order valence-corrected chi connectivity index (χ0v) is 20.8. The van der Waals surface area contributed by atoms with E-state index >= 15 is 0 Å². The molecule has 9 heteroatoms. The molecule has 0 aliphatic rings. The van der Waals surface area contributed by atoms with Crippen LogP contribution < -0.4 is 10.1 Å². The maximum Gasteiger partial charge on any atom is 0.279 e. The van der Waals surface area contributed by atoms with Crippen molar-refractivity contribution in [3.05, 3.63) is 91.9 Å². The smallest absolute Gasteiger partial charge is 0.279 e. The van der Waals surface area contributed by atoms with Crippen LogP contribution in [0.25, 0.3) is 0 Å². The molecule has 176 valence electrons. The van der Waals surface area contributed by atoms with Crippen LogP contribution in [0.3, 0.4) is 0 Å². The van der Waals surface area contributed by atoms with Crippen LogP contribution in [0, 0.1) is 27.7 Å². The number of nitrogens with one attached hydrogen (secondary N) is 1. The predicted octanol–water partition coefficient (Wildman–Crippen LogP) is 6.29. The van der Waals surface area contributed by atoms with Gasteiger partial charge in [-0.25, -0.2) is 0 Å². The lowest BCUT2D eigenvalue weighted by Crippen LogP contribution is -2.16. The van der Waals surface area contributed by atoms with Gasteiger partial charge in [-0.3, -0.25) is 9.48 Å². The van der Waals surface area contributed by atoms with E-state index in [1.165, 1.54) is 0 Å². The molecule has 4 aromatic rings. The summed E-state index contributed by atoms with van der Waals surface area (Å²) in [6.45, 7) is 8.16. The Morgan fingerprint density at radius 3 is 2.50 bits per heavy atom. The number of ether oxygens (including phenoxy) is 1. The minimum Gasteiger partial charge on any atom is -0.488 e. The molecule has 7 nitrogen and oxygen atoms in total. The zero-order chi connectivity index (χ0) is 24.4. The summed E-state index contributed by atoms with van der Waals surface area (Å²) >= 11 is 12.6. The molecule has 0 spiro atoms. The van der Waals surface area contributed by atoms with Crippen molar-refractivity contribution in [1.29, 1.82) is 0 Å². The standard InChI is InChI=1S/C25H24Cl2N4O3/c1-14-8-9-22(15(2)10-14)33-13-19-17(4)34-30-24(19)25(32)28-23-11-16(3)31(29-23)12-18-20(26)6-5-7-21(18)27/h5-11H,12-13H2,1-4H3,(H,28,29,32). The van der Waals surface area contributed by atoms with Crippen molar-refractivity contribution < 1.29 is 14.1 Å². The van der Waals surface area contributed by atoms with Gasteiger partial charge in [0.15, 0.2) is 11.5 Å². The molecule has 1 amide bonds. The Balaban J connectivity index is 1.49. The summed E-state index contributed by atoms with van der Waals surface area (Å²) in [6, 6.07) is 13.0. The van der Waals surface area contributed by atoms with Crippen molar-refractivity contribution in [2.24, 2.45) is 0 Å². The van der Waals surface area contributed by atoms with E-state index in [-0.39, 0.29) is 12.3 Å². The van der Waals surface area contributed by atoms with Crippen LogP contribution >= 0.6 is 23.2 Å². The third kappa shape index (κ3) is 5.11. The van der Waals surface area contributed by atoms with Crippen LogP contribution in [-0.2, 0) is 13.2 Å². The van der Waals surface area contributed by atoms with E-state index in [1.807, 2.05) is 39.0 Å². The molecule has 0 saturated carbocycles. The molecule has 0 bridgehead atoms. The molecule has 2 heterocycles. The number of anilines is 1. The molecule has 0 atom stereocenters. The van der Waals surface area contributed by atoms with Gasteiger partial charge in [-0.05, 0) is 51.5 Å². The number of carbonyl (C=O) groups excluding carboxylic acids is 1. The summed E-state index contributed by atoms with van der Waals surface area (Å²) in [6.07, 6.45) is 0. The van der Waals surface area contributed by atoms with Crippen molar-refractivity contribution in [3.63, 3.8) is 0 Å². The number of aryl methyl sites for hydroxylation is 4. The van der Waals surface area contributed by atoms with E-state index in [2.05, 4.69) is 15.6 Å². The van der Waals surface area contributed by atoms with Gasteiger partial charge < -0.3 is 14.6 Å². The van der Waals surface area contributed by atoms with Gasteiger partial charge in [-0.15, -0.1) is 0 Å². The third-order valence-electron chi connectivity index (χ3n) is 5.49. The number of hydrogen-bond acceptors (Lipinski definition) is 5. The summed E-state index contributed by atoms with van der Waals surface area (Å²) < 4.78 is 12.9. The molecule has 4 rings (SSSR count). The first-order valence-electron chi connectivity index (χ1n) is 10.7. The highest BCUT2D eigenvalue weighted by Gasteiger charge is 2.22. The first-order valence-corrected chi connectivity index (χ1v) is 11.4. The van der Waals surface area contributed by atoms with E-state index in [0.717, 1.165) is 28.1 Å². The van der Waals surface area contributed by atoms with Crippen LogP contribution in [0.5, 0.6) is 5.75 Å². The number of halogens is 2. The van der Waals surface area contributed by atoms with Gasteiger partial charge in [0.1, 0.15) is 18.1 Å². The molecule has 1 N–H and O–H groups in total. The summed E-state index contributed by atoms with van der Waals surface area (Å²) in [5, 5.41) is 12.3. The SMILES string of the molecule is Cc1ccc(OCc2c(C(=O)Nc3cc(C)n(Cc4c(Cl)cccc4Cl)n3)noc2C)c(C)c1. The van der Waals surface area contributed by atoms with E-state index < -0.39 is 5.91 Å². The number of aromatic nitrogens is 3. The number of benzene rings is 2. The fraction of sp³-hybridized carbons (Fsp3) is 0.240. The summed E-state index contributed by atoms with van der Waals surface area (Å²) in [5.74, 6) is 1.21. The number of rotatable bonds is 7. The normalized spacial score (nSPS) is 11.0. The van der Waals surface area contributed by atoms with Crippen molar-refractivity contribution in [3.8, 4) is 5.75 Å². The molecular weight excluding hydrogens is 475 g/mol. The first-order chi connectivity index (χ1) is 16.2. The fourth-order valence-corrected chi connectivity index (χ4v) is 4.11. The summed E-state index contributed by atoms with van der Waals surface area (Å²) in [7, 11) is 0. The van der Waals surface area contributed by atoms with Gasteiger partial charge in [0.2, 0.25) is 0 Å². The number of amides is 1. The molecule has 2 aromatic carbocycles. The van der Waals surface area contributed by atoms with E-state index in [0.29, 0.717) is 33.7 Å². The molecule has 0 radical (unpaired) electrons. The average Bonchev–Trinajstić information content (AvgIpc) is 3.31. The second kappa shape index (κ2) is 9.91. The highest BCUT2D eigenvalue weighted by Crippen LogP contribution is 2.26. The van der Waals surface area contributed by atoms with E-state index in [4.69, 9.17) is 32.5 Å². The maximum atomic E-state index is 13.0. The van der Waals surface area contributed by atoms with Crippen LogP contribution in [0.4, 0.5) is 5.82 Å². The molecule has 0 fully saturated rings. The Hall–Kier alpha value is -3.29. The van der Waals surface area contributed by atoms with Crippen molar-refractivity contribution >= 4 is 34.9 Å². The quantitative estimate of drug-likeness (QED) is 0.323. The van der Waals surface area contributed by atoms with Gasteiger partial charge in [0, 0.05) is 27.4 Å². The lowest BCUT2D eigenvalue weighted by atomic mass is 10.1. The Labute approximate surface area is 207 Å². The summed E-state index contributed by atoms with van der Waals surface area (Å²) in [4.78, 5) is 13.0. The molecule has 0 aliphatic heterocycles. The minimum atomic E-state index is -0.434. The Kier molecular flexibility index (Phi) is 6.95. The minimum absolute atomic E-state index is 0.153. The second-order valence-electron chi connectivity index (χ2n) is 8.11. The molecule has 2 aromatic heterocycles. The maximum absolute atomic E-state index is 13.0. The largest absolute Gasteiger partial charge is 0.488 e. The zero-order valence-electron chi connectivity index (χ0n) is 19.3. The second-order valence-corrected chi connectivity index (χ2v) is 8.92. The van der Waals surface area contributed by atoms with Crippen molar-refractivity contribution in [1.82, 2.24) is 14.9 Å². The average molecular weight is 499 g/mol. The van der Waals surface area contributed by atoms with Crippen LogP contribution in [-0.4, -0.2) is 20.8 Å². The molecular formula is C25H24Cl2N4O3. The highest BCUT2D eigenvalue weighted by molar-refractivity contribution is 6.36. The monoisotopic (exact) mass is 498 g/mol. The lowest BCUT2D eigenvalue weighted by molar-refractivity contribution is 0.101. The van der Waals surface area contributed by atoms with Gasteiger partial charge in [0.25, 0.3) is 5.91 Å². The number of carbonyl (C=O) groups is 1. The number of nitrogens with zero attached hydrogens (tertiary/aromatic N) is 3. The Morgan fingerprint density at radius 2 is 1.79 bits per heavy atom. The fourth-order valence-electron chi connectivity index (χ4n) is 3.59. The molecule has 0 aliphatic carbocycles. The molecule has 34 heavy (non-hydrogen) atoms. The van der Waals surface area contributed by atoms with E-state index in [1.54, 1.807) is 35.9 Å². The molecule has 0 saturated heterocycles.